The zero-order valence-electron chi connectivity index (χ0n) is 13.3. The maximum absolute atomic E-state index is 11.9. The van der Waals surface area contributed by atoms with Gasteiger partial charge >= 0.3 is 0 Å². The van der Waals surface area contributed by atoms with Crippen molar-refractivity contribution in [3.8, 4) is 5.88 Å². The molecule has 0 saturated heterocycles. The highest BCUT2D eigenvalue weighted by molar-refractivity contribution is 5.98. The van der Waals surface area contributed by atoms with Gasteiger partial charge in [-0.1, -0.05) is 6.92 Å². The van der Waals surface area contributed by atoms with E-state index in [4.69, 9.17) is 4.74 Å². The molecule has 1 amide bonds. The molecule has 7 nitrogen and oxygen atoms in total. The lowest BCUT2D eigenvalue weighted by Crippen LogP contribution is -2.20. The molecule has 2 aromatic heterocycles. The molecular formula is C15H21N5O2. The summed E-state index contributed by atoms with van der Waals surface area (Å²) in [6, 6.07) is 3.47. The molecule has 0 spiro atoms. The molecule has 0 unspecified atom stereocenters. The van der Waals surface area contributed by atoms with E-state index in [0.29, 0.717) is 23.8 Å². The van der Waals surface area contributed by atoms with E-state index in [1.54, 1.807) is 37.2 Å². The van der Waals surface area contributed by atoms with E-state index >= 15 is 0 Å². The van der Waals surface area contributed by atoms with Crippen LogP contribution in [0.4, 0.5) is 5.82 Å². The topological polar surface area (TPSA) is 81.1 Å². The third-order valence-corrected chi connectivity index (χ3v) is 3.41. The predicted molar refractivity (Wildman–Crippen MR) is 84.1 cm³/mol. The van der Waals surface area contributed by atoms with Gasteiger partial charge in [0.1, 0.15) is 5.82 Å². The van der Waals surface area contributed by atoms with Gasteiger partial charge in [0.05, 0.1) is 23.9 Å². The summed E-state index contributed by atoms with van der Waals surface area (Å²) < 4.78 is 7.12. The number of carbonyl (C=O) groups is 1. The van der Waals surface area contributed by atoms with Gasteiger partial charge in [-0.05, 0) is 18.6 Å². The minimum atomic E-state index is -0.176. The number of amides is 1. The Labute approximate surface area is 129 Å². The van der Waals surface area contributed by atoms with Gasteiger partial charge in [-0.3, -0.25) is 4.79 Å². The van der Waals surface area contributed by atoms with Crippen LogP contribution < -0.4 is 15.4 Å². The Bertz CT molecular complexity index is 666. The molecular weight excluding hydrogens is 282 g/mol. The summed E-state index contributed by atoms with van der Waals surface area (Å²) in [5, 5.41) is 10.2. The largest absolute Gasteiger partial charge is 0.481 e. The summed E-state index contributed by atoms with van der Waals surface area (Å²) in [5.41, 5.74) is 2.44. The Balaban J connectivity index is 2.26. The number of aromatic nitrogens is 3. The minimum absolute atomic E-state index is 0.176. The highest BCUT2D eigenvalue weighted by atomic mass is 16.5. The molecule has 118 valence electrons. The molecule has 0 fully saturated rings. The van der Waals surface area contributed by atoms with Crippen molar-refractivity contribution in [3.05, 3.63) is 35.2 Å². The third-order valence-electron chi connectivity index (χ3n) is 3.41. The van der Waals surface area contributed by atoms with Crippen LogP contribution in [0.15, 0.2) is 18.3 Å². The van der Waals surface area contributed by atoms with Gasteiger partial charge in [0, 0.05) is 26.8 Å². The maximum atomic E-state index is 11.9. The first-order valence-corrected chi connectivity index (χ1v) is 7.12. The number of aryl methyl sites for hydroxylation is 2. The third kappa shape index (κ3) is 3.03. The first-order valence-electron chi connectivity index (χ1n) is 7.12. The molecule has 0 aliphatic heterocycles. The molecule has 0 atom stereocenters. The maximum Gasteiger partial charge on any atom is 0.254 e. The van der Waals surface area contributed by atoms with Crippen LogP contribution in [-0.2, 0) is 20.0 Å². The van der Waals surface area contributed by atoms with Crippen molar-refractivity contribution in [1.29, 1.82) is 0 Å². The van der Waals surface area contributed by atoms with Crippen LogP contribution in [-0.4, -0.2) is 34.8 Å². The fourth-order valence-corrected chi connectivity index (χ4v) is 2.36. The lowest BCUT2D eigenvalue weighted by Gasteiger charge is -2.11. The number of anilines is 1. The molecule has 2 rings (SSSR count). The number of nitrogens with zero attached hydrogens (tertiary/aromatic N) is 3. The summed E-state index contributed by atoms with van der Waals surface area (Å²) in [6.07, 6.45) is 2.45. The second kappa shape index (κ2) is 6.93. The molecule has 7 heteroatoms. The fraction of sp³-hybridized carbons (Fsp3) is 0.400. The second-order valence-electron chi connectivity index (χ2n) is 4.74. The number of methoxy groups -OCH3 is 1. The van der Waals surface area contributed by atoms with E-state index < -0.39 is 0 Å². The number of hydrogen-bond donors (Lipinski definition) is 2. The predicted octanol–water partition coefficient (Wildman–Crippen LogP) is 1.36. The van der Waals surface area contributed by atoms with E-state index in [-0.39, 0.29) is 5.91 Å². The zero-order chi connectivity index (χ0) is 16.1. The van der Waals surface area contributed by atoms with Crippen molar-refractivity contribution in [3.63, 3.8) is 0 Å². The summed E-state index contributed by atoms with van der Waals surface area (Å²) >= 11 is 0. The fourth-order valence-electron chi connectivity index (χ4n) is 2.36. The number of pyridine rings is 1. The summed E-state index contributed by atoms with van der Waals surface area (Å²) in [7, 11) is 5.06. The average molecular weight is 303 g/mol. The average Bonchev–Trinajstić information content (AvgIpc) is 2.87. The molecule has 22 heavy (non-hydrogen) atoms. The Hall–Kier alpha value is -2.57. The lowest BCUT2D eigenvalue weighted by molar-refractivity contribution is 0.0963. The quantitative estimate of drug-likeness (QED) is 0.842. The SMILES string of the molecule is CCc1nn(C)c(OC)c1CNc1ncccc1C(=O)NC. The van der Waals surface area contributed by atoms with Gasteiger partial charge in [0.15, 0.2) is 0 Å². The summed E-state index contributed by atoms with van der Waals surface area (Å²) in [6.45, 7) is 2.53. The van der Waals surface area contributed by atoms with Crippen LogP contribution in [0.1, 0.15) is 28.5 Å². The molecule has 0 bridgehead atoms. The number of nitrogens with one attached hydrogen (secondary N) is 2. The van der Waals surface area contributed by atoms with Gasteiger partial charge < -0.3 is 15.4 Å². The zero-order valence-corrected chi connectivity index (χ0v) is 13.3. The molecule has 0 radical (unpaired) electrons. The van der Waals surface area contributed by atoms with Crippen molar-refractivity contribution in [2.45, 2.75) is 19.9 Å². The number of hydrogen-bond acceptors (Lipinski definition) is 5. The first kappa shape index (κ1) is 15.8. The number of ether oxygens (including phenoxy) is 1. The summed E-state index contributed by atoms with van der Waals surface area (Å²) in [4.78, 5) is 16.1. The standard InChI is InChI=1S/C15H21N5O2/c1-5-12-11(15(22-4)20(3)19-12)9-18-13-10(14(21)16-2)7-6-8-17-13/h6-8H,5,9H2,1-4H3,(H,16,21)(H,17,18). The Morgan fingerprint density at radius 2 is 2.23 bits per heavy atom. The number of carbonyl (C=O) groups excluding carboxylic acids is 1. The lowest BCUT2D eigenvalue weighted by atomic mass is 10.2. The molecule has 0 saturated carbocycles. The second-order valence-corrected chi connectivity index (χ2v) is 4.74. The van der Waals surface area contributed by atoms with E-state index in [2.05, 4.69) is 20.7 Å². The normalized spacial score (nSPS) is 10.4. The van der Waals surface area contributed by atoms with Crippen LogP contribution >= 0.6 is 0 Å². The van der Waals surface area contributed by atoms with Crippen molar-refractivity contribution in [2.24, 2.45) is 7.05 Å². The Kier molecular flexibility index (Phi) is 4.98. The van der Waals surface area contributed by atoms with Gasteiger partial charge in [0.2, 0.25) is 5.88 Å². The monoisotopic (exact) mass is 303 g/mol. The van der Waals surface area contributed by atoms with Gasteiger partial charge in [-0.2, -0.15) is 5.10 Å². The first-order chi connectivity index (χ1) is 10.6. The van der Waals surface area contributed by atoms with Crippen molar-refractivity contribution in [1.82, 2.24) is 20.1 Å². The Morgan fingerprint density at radius 1 is 1.45 bits per heavy atom. The van der Waals surface area contributed by atoms with Crippen LogP contribution in [0.25, 0.3) is 0 Å². The molecule has 2 heterocycles. The minimum Gasteiger partial charge on any atom is -0.481 e. The highest BCUT2D eigenvalue weighted by Crippen LogP contribution is 2.23. The van der Waals surface area contributed by atoms with E-state index in [1.807, 2.05) is 14.0 Å². The van der Waals surface area contributed by atoms with Crippen molar-refractivity contribution >= 4 is 11.7 Å². The van der Waals surface area contributed by atoms with Gasteiger partial charge in [-0.15, -0.1) is 0 Å². The molecule has 0 aromatic carbocycles. The van der Waals surface area contributed by atoms with E-state index in [1.165, 1.54) is 0 Å². The van der Waals surface area contributed by atoms with Gasteiger partial charge in [-0.25, -0.2) is 9.67 Å². The molecule has 2 N–H and O–H groups in total. The summed E-state index contributed by atoms with van der Waals surface area (Å²) in [5.74, 6) is 1.07. The molecule has 0 aliphatic carbocycles. The van der Waals surface area contributed by atoms with Crippen LogP contribution in [0.3, 0.4) is 0 Å². The smallest absolute Gasteiger partial charge is 0.254 e. The highest BCUT2D eigenvalue weighted by Gasteiger charge is 2.17. The van der Waals surface area contributed by atoms with E-state index in [9.17, 15) is 4.79 Å². The van der Waals surface area contributed by atoms with Gasteiger partial charge in [0.25, 0.3) is 5.91 Å². The van der Waals surface area contributed by atoms with Crippen molar-refractivity contribution < 1.29 is 9.53 Å². The van der Waals surface area contributed by atoms with Crippen LogP contribution in [0, 0.1) is 0 Å². The molecule has 2 aromatic rings. The van der Waals surface area contributed by atoms with E-state index in [0.717, 1.165) is 17.7 Å². The Morgan fingerprint density at radius 3 is 2.86 bits per heavy atom. The number of rotatable bonds is 6. The molecule has 0 aliphatic rings. The van der Waals surface area contributed by atoms with Crippen LogP contribution in [0.5, 0.6) is 5.88 Å². The van der Waals surface area contributed by atoms with Crippen LogP contribution in [0.2, 0.25) is 0 Å². The van der Waals surface area contributed by atoms with Crippen molar-refractivity contribution in [2.75, 3.05) is 19.5 Å².